The van der Waals surface area contributed by atoms with Gasteiger partial charge in [0.2, 0.25) is 0 Å². The summed E-state index contributed by atoms with van der Waals surface area (Å²) in [6.07, 6.45) is 2.93. The van der Waals surface area contributed by atoms with E-state index in [2.05, 4.69) is 20.9 Å². The first-order chi connectivity index (χ1) is 7.16. The average molecular weight is 277 g/mol. The van der Waals surface area contributed by atoms with Gasteiger partial charge in [-0.3, -0.25) is 9.36 Å². The van der Waals surface area contributed by atoms with Crippen LogP contribution >= 0.6 is 15.9 Å². The highest BCUT2D eigenvalue weighted by Crippen LogP contribution is 1.97. The molecule has 0 spiro atoms. The Balaban J connectivity index is 2.72. The summed E-state index contributed by atoms with van der Waals surface area (Å²) in [6, 6.07) is 0. The zero-order chi connectivity index (χ0) is 11.3. The summed E-state index contributed by atoms with van der Waals surface area (Å²) in [4.78, 5) is 25.3. The van der Waals surface area contributed by atoms with Crippen molar-refractivity contribution in [2.24, 2.45) is 0 Å². The summed E-state index contributed by atoms with van der Waals surface area (Å²) in [5.41, 5.74) is -0.670. The van der Waals surface area contributed by atoms with Gasteiger partial charge in [0, 0.05) is 26.5 Å². The first kappa shape index (κ1) is 12.2. The number of rotatable bonds is 5. The fourth-order valence-corrected chi connectivity index (χ4v) is 1.53. The Bertz CT molecular complexity index is 424. The lowest BCUT2D eigenvalue weighted by Gasteiger charge is -2.03. The van der Waals surface area contributed by atoms with E-state index >= 15 is 0 Å². The molecule has 0 radical (unpaired) electrons. The van der Waals surface area contributed by atoms with Crippen molar-refractivity contribution >= 4 is 15.9 Å². The number of H-pyrrole nitrogens is 1. The van der Waals surface area contributed by atoms with E-state index in [1.807, 2.05) is 0 Å². The number of ether oxygens (including phenoxy) is 1. The molecule has 5 nitrogen and oxygen atoms in total. The van der Waals surface area contributed by atoms with E-state index in [4.69, 9.17) is 4.74 Å². The van der Waals surface area contributed by atoms with E-state index < -0.39 is 0 Å². The maximum Gasteiger partial charge on any atom is 0.328 e. The van der Waals surface area contributed by atoms with Gasteiger partial charge in [-0.05, 0) is 28.8 Å². The molecule has 0 atom stereocenters. The lowest BCUT2D eigenvalue weighted by molar-refractivity contribution is 0.191. The summed E-state index contributed by atoms with van der Waals surface area (Å²) in [6.45, 7) is 1.05. The smallest absolute Gasteiger partial charge is 0.328 e. The maximum absolute atomic E-state index is 11.5. The third-order valence-electron chi connectivity index (χ3n) is 2.00. The van der Waals surface area contributed by atoms with Crippen LogP contribution in [0.15, 0.2) is 20.3 Å². The van der Waals surface area contributed by atoms with Crippen molar-refractivity contribution in [1.29, 1.82) is 0 Å². The Morgan fingerprint density at radius 1 is 1.47 bits per heavy atom. The topological polar surface area (TPSA) is 64.1 Å². The molecule has 0 fully saturated rings. The van der Waals surface area contributed by atoms with E-state index in [-0.39, 0.29) is 11.2 Å². The number of hydrogen-bond donors (Lipinski definition) is 1. The monoisotopic (exact) mass is 276 g/mol. The van der Waals surface area contributed by atoms with E-state index in [9.17, 15) is 9.59 Å². The molecule has 0 aliphatic rings. The van der Waals surface area contributed by atoms with Crippen LogP contribution in [0.25, 0.3) is 0 Å². The number of halogens is 1. The van der Waals surface area contributed by atoms with E-state index in [1.165, 1.54) is 10.8 Å². The molecule has 0 aromatic carbocycles. The molecule has 6 heteroatoms. The van der Waals surface area contributed by atoms with Gasteiger partial charge in [0.25, 0.3) is 5.56 Å². The van der Waals surface area contributed by atoms with Gasteiger partial charge in [0.1, 0.15) is 0 Å². The second-order valence-corrected chi connectivity index (χ2v) is 3.95. The summed E-state index contributed by atoms with van der Waals surface area (Å²) >= 11 is 3.07. The number of unbranched alkanes of at least 4 members (excludes halogenated alkanes) is 1. The fourth-order valence-electron chi connectivity index (χ4n) is 1.21. The molecule has 0 bridgehead atoms. The minimum Gasteiger partial charge on any atom is -0.385 e. The summed E-state index contributed by atoms with van der Waals surface area (Å²) < 4.78 is 6.43. The highest BCUT2D eigenvalue weighted by molar-refractivity contribution is 9.10. The minimum absolute atomic E-state index is 0.295. The van der Waals surface area contributed by atoms with Crippen molar-refractivity contribution in [3.63, 3.8) is 0 Å². The fraction of sp³-hybridized carbons (Fsp3) is 0.556. The highest BCUT2D eigenvalue weighted by Gasteiger charge is 2.03. The molecule has 0 unspecified atom stereocenters. The van der Waals surface area contributed by atoms with Crippen molar-refractivity contribution in [3.05, 3.63) is 31.5 Å². The summed E-state index contributed by atoms with van der Waals surface area (Å²) in [5.74, 6) is 0. The Kier molecular flexibility index (Phi) is 4.77. The molecular weight excluding hydrogens is 264 g/mol. The van der Waals surface area contributed by atoms with Crippen molar-refractivity contribution in [2.75, 3.05) is 13.7 Å². The van der Waals surface area contributed by atoms with Crippen molar-refractivity contribution in [1.82, 2.24) is 9.55 Å². The zero-order valence-corrected chi connectivity index (χ0v) is 10.0. The quantitative estimate of drug-likeness (QED) is 0.807. The van der Waals surface area contributed by atoms with Crippen LogP contribution in [0.1, 0.15) is 12.8 Å². The van der Waals surface area contributed by atoms with Crippen LogP contribution in [-0.2, 0) is 11.3 Å². The highest BCUT2D eigenvalue weighted by atomic mass is 79.9. The molecule has 84 valence electrons. The number of aromatic nitrogens is 2. The van der Waals surface area contributed by atoms with Crippen LogP contribution < -0.4 is 11.2 Å². The van der Waals surface area contributed by atoms with Gasteiger partial charge in [-0.25, -0.2) is 4.79 Å². The lowest BCUT2D eigenvalue weighted by atomic mass is 10.3. The van der Waals surface area contributed by atoms with Gasteiger partial charge in [-0.1, -0.05) is 0 Å². The summed E-state index contributed by atoms with van der Waals surface area (Å²) in [7, 11) is 1.62. The maximum atomic E-state index is 11.5. The zero-order valence-electron chi connectivity index (χ0n) is 8.46. The Hall–Kier alpha value is -0.880. The van der Waals surface area contributed by atoms with Crippen LogP contribution in [0, 0.1) is 0 Å². The van der Waals surface area contributed by atoms with Crippen LogP contribution in [0.3, 0.4) is 0 Å². The molecule has 1 N–H and O–H groups in total. The third-order valence-corrected chi connectivity index (χ3v) is 2.57. The number of nitrogens with zero attached hydrogens (tertiary/aromatic N) is 1. The molecule has 0 aliphatic heterocycles. The second-order valence-electron chi connectivity index (χ2n) is 3.10. The van der Waals surface area contributed by atoms with E-state index in [1.54, 1.807) is 7.11 Å². The first-order valence-electron chi connectivity index (χ1n) is 4.63. The number of methoxy groups -OCH3 is 1. The average Bonchev–Trinajstić information content (AvgIpc) is 2.23. The van der Waals surface area contributed by atoms with Crippen LogP contribution in [0.5, 0.6) is 0 Å². The number of aromatic amines is 1. The minimum atomic E-state index is -0.374. The predicted octanol–water partition coefficient (Wildman–Crippen LogP) is 0.726. The normalized spacial score (nSPS) is 10.5. The van der Waals surface area contributed by atoms with Crippen LogP contribution in [-0.4, -0.2) is 23.3 Å². The molecule has 1 heterocycles. The SMILES string of the molecule is COCCCCn1c(=O)[nH]cc(Br)c1=O. The number of nitrogens with one attached hydrogen (secondary N) is 1. The molecule has 1 rings (SSSR count). The molecule has 0 amide bonds. The van der Waals surface area contributed by atoms with Crippen LogP contribution in [0.4, 0.5) is 0 Å². The molecule has 1 aromatic rings. The summed E-state index contributed by atoms with van der Waals surface area (Å²) in [5, 5.41) is 0. The predicted molar refractivity (Wildman–Crippen MR) is 60.1 cm³/mol. The van der Waals surface area contributed by atoms with Gasteiger partial charge in [-0.2, -0.15) is 0 Å². The molecule has 0 saturated heterocycles. The second kappa shape index (κ2) is 5.87. The van der Waals surface area contributed by atoms with Crippen molar-refractivity contribution in [3.8, 4) is 0 Å². The van der Waals surface area contributed by atoms with Gasteiger partial charge in [-0.15, -0.1) is 0 Å². The molecular formula is C9H13BrN2O3. The lowest BCUT2D eigenvalue weighted by Crippen LogP contribution is -2.35. The van der Waals surface area contributed by atoms with Gasteiger partial charge >= 0.3 is 5.69 Å². The Morgan fingerprint density at radius 2 is 2.20 bits per heavy atom. The van der Waals surface area contributed by atoms with E-state index in [0.717, 1.165) is 12.8 Å². The molecule has 0 saturated carbocycles. The Morgan fingerprint density at radius 3 is 2.87 bits per heavy atom. The first-order valence-corrected chi connectivity index (χ1v) is 5.43. The molecule has 0 aliphatic carbocycles. The standard InChI is InChI=1S/C9H13BrN2O3/c1-15-5-3-2-4-12-8(13)7(10)6-11-9(12)14/h6H,2-5H2,1H3,(H,11,14). The third kappa shape index (κ3) is 3.32. The van der Waals surface area contributed by atoms with Gasteiger partial charge < -0.3 is 9.72 Å². The number of hydrogen-bond acceptors (Lipinski definition) is 3. The van der Waals surface area contributed by atoms with Crippen molar-refractivity contribution < 1.29 is 4.74 Å². The van der Waals surface area contributed by atoms with E-state index in [0.29, 0.717) is 17.6 Å². The largest absolute Gasteiger partial charge is 0.385 e. The van der Waals surface area contributed by atoms with Crippen molar-refractivity contribution in [2.45, 2.75) is 19.4 Å². The Labute approximate surface area is 95.2 Å². The molecule has 1 aromatic heterocycles. The van der Waals surface area contributed by atoms with Gasteiger partial charge in [0.15, 0.2) is 0 Å². The van der Waals surface area contributed by atoms with Crippen LogP contribution in [0.2, 0.25) is 0 Å². The van der Waals surface area contributed by atoms with Gasteiger partial charge in [0.05, 0.1) is 4.47 Å². The molecule has 15 heavy (non-hydrogen) atoms.